The summed E-state index contributed by atoms with van der Waals surface area (Å²) in [6.45, 7) is 7.54. The number of methoxy groups -OCH3 is 1. The lowest BCUT2D eigenvalue weighted by molar-refractivity contribution is 0.164. The van der Waals surface area contributed by atoms with Crippen LogP contribution in [-0.4, -0.2) is 58.9 Å². The van der Waals surface area contributed by atoms with Gasteiger partial charge in [-0.05, 0) is 37.3 Å². The number of nitrogens with zero attached hydrogens (tertiary/aromatic N) is 4. The van der Waals surface area contributed by atoms with E-state index < -0.39 is 9.84 Å². The predicted octanol–water partition coefficient (Wildman–Crippen LogP) is 2.74. The Morgan fingerprint density at radius 2 is 2.18 bits per heavy atom. The molecule has 0 saturated carbocycles. The third-order valence-corrected chi connectivity index (χ3v) is 7.21. The second-order valence-corrected chi connectivity index (χ2v) is 9.40. The van der Waals surface area contributed by atoms with Crippen molar-refractivity contribution in [2.45, 2.75) is 32.6 Å². The lowest BCUT2D eigenvalue weighted by atomic mass is 10.2. The molecule has 1 fully saturated rings. The van der Waals surface area contributed by atoms with Crippen LogP contribution >= 0.6 is 12.2 Å². The van der Waals surface area contributed by atoms with E-state index in [1.54, 1.807) is 17.9 Å². The molecule has 0 unspecified atom stereocenters. The standard InChI is InChI=1S/C19H26N4O3S2/c1-4-11-22-18(16-8-6-7-9-17(16)26-3)20-23(19(22)27)14-21(5-2)15-10-12-28(24,25)13-15/h4,6-9,15H,1,5,10-14H2,2-3H3/t15-/m0/s1. The first-order chi connectivity index (χ1) is 13.4. The van der Waals surface area contributed by atoms with Crippen LogP contribution in [0.4, 0.5) is 0 Å². The zero-order valence-electron chi connectivity index (χ0n) is 16.2. The number of sulfone groups is 1. The summed E-state index contributed by atoms with van der Waals surface area (Å²) >= 11 is 5.67. The van der Waals surface area contributed by atoms with Gasteiger partial charge in [-0.2, -0.15) is 5.10 Å². The number of benzene rings is 1. The van der Waals surface area contributed by atoms with Gasteiger partial charge in [-0.25, -0.2) is 13.1 Å². The van der Waals surface area contributed by atoms with Crippen molar-refractivity contribution in [1.29, 1.82) is 0 Å². The summed E-state index contributed by atoms with van der Waals surface area (Å²) in [6, 6.07) is 7.67. The van der Waals surface area contributed by atoms with E-state index in [1.165, 1.54) is 0 Å². The molecule has 7 nitrogen and oxygen atoms in total. The maximum absolute atomic E-state index is 11.9. The molecule has 0 N–H and O–H groups in total. The molecule has 1 aromatic heterocycles. The number of allylic oxidation sites excluding steroid dienone is 1. The fourth-order valence-corrected chi connectivity index (χ4v) is 5.59. The molecule has 9 heteroatoms. The first-order valence-corrected chi connectivity index (χ1v) is 11.5. The Bertz CT molecular complexity index is 1010. The smallest absolute Gasteiger partial charge is 0.199 e. The van der Waals surface area contributed by atoms with Crippen LogP contribution in [0.15, 0.2) is 36.9 Å². The summed E-state index contributed by atoms with van der Waals surface area (Å²) in [6.07, 6.45) is 2.43. The van der Waals surface area contributed by atoms with Gasteiger partial charge in [-0.15, -0.1) is 6.58 Å². The minimum absolute atomic E-state index is 0.00355. The summed E-state index contributed by atoms with van der Waals surface area (Å²) < 4.78 is 33.5. The van der Waals surface area contributed by atoms with Crippen LogP contribution in [0.5, 0.6) is 5.75 Å². The van der Waals surface area contributed by atoms with Crippen molar-refractivity contribution in [3.05, 3.63) is 41.7 Å². The van der Waals surface area contributed by atoms with E-state index in [0.717, 1.165) is 12.1 Å². The molecule has 2 heterocycles. The molecule has 1 aromatic carbocycles. The number of hydrogen-bond acceptors (Lipinski definition) is 6. The van der Waals surface area contributed by atoms with Crippen molar-refractivity contribution in [1.82, 2.24) is 19.2 Å². The average Bonchev–Trinajstić information content (AvgIpc) is 3.20. The van der Waals surface area contributed by atoms with E-state index in [1.807, 2.05) is 35.8 Å². The van der Waals surface area contributed by atoms with Gasteiger partial charge < -0.3 is 4.74 Å². The van der Waals surface area contributed by atoms with Gasteiger partial charge in [0.2, 0.25) is 0 Å². The molecular weight excluding hydrogens is 396 g/mol. The normalized spacial score (nSPS) is 18.5. The molecule has 1 aliphatic rings. The van der Waals surface area contributed by atoms with Crippen LogP contribution in [0.1, 0.15) is 13.3 Å². The highest BCUT2D eigenvalue weighted by Crippen LogP contribution is 2.29. The SMILES string of the molecule is C=CCn1c(-c2ccccc2OC)nn(CN(CC)[C@H]2CCS(=O)(=O)C2)c1=S. The molecule has 0 radical (unpaired) electrons. The number of hydrogen-bond donors (Lipinski definition) is 0. The van der Waals surface area contributed by atoms with Crippen LogP contribution in [0, 0.1) is 4.77 Å². The highest BCUT2D eigenvalue weighted by molar-refractivity contribution is 7.91. The van der Waals surface area contributed by atoms with E-state index in [2.05, 4.69) is 11.5 Å². The Morgan fingerprint density at radius 3 is 2.79 bits per heavy atom. The van der Waals surface area contributed by atoms with Gasteiger partial charge in [-0.1, -0.05) is 25.1 Å². The van der Waals surface area contributed by atoms with Gasteiger partial charge >= 0.3 is 0 Å². The van der Waals surface area contributed by atoms with E-state index in [4.69, 9.17) is 22.1 Å². The molecule has 0 spiro atoms. The van der Waals surface area contributed by atoms with Crippen molar-refractivity contribution < 1.29 is 13.2 Å². The fourth-order valence-electron chi connectivity index (χ4n) is 3.56. The number of para-hydroxylation sites is 1. The van der Waals surface area contributed by atoms with E-state index in [0.29, 0.717) is 36.0 Å². The van der Waals surface area contributed by atoms with Crippen molar-refractivity contribution in [2.24, 2.45) is 0 Å². The first-order valence-electron chi connectivity index (χ1n) is 9.26. The number of rotatable bonds is 8. The Labute approximate surface area is 171 Å². The predicted molar refractivity (Wildman–Crippen MR) is 113 cm³/mol. The lowest BCUT2D eigenvalue weighted by Crippen LogP contribution is -2.37. The van der Waals surface area contributed by atoms with Crippen LogP contribution in [0.25, 0.3) is 11.4 Å². The molecule has 2 aromatic rings. The molecule has 0 amide bonds. The average molecular weight is 423 g/mol. The molecule has 1 saturated heterocycles. The van der Waals surface area contributed by atoms with Gasteiger partial charge in [0.15, 0.2) is 20.4 Å². The minimum atomic E-state index is -2.95. The first kappa shape index (κ1) is 20.8. The summed E-state index contributed by atoms with van der Waals surface area (Å²) in [4.78, 5) is 2.12. The van der Waals surface area contributed by atoms with Crippen LogP contribution in [0.3, 0.4) is 0 Å². The topological polar surface area (TPSA) is 69.4 Å². The van der Waals surface area contributed by atoms with Crippen molar-refractivity contribution >= 4 is 22.1 Å². The van der Waals surface area contributed by atoms with Gasteiger partial charge in [-0.3, -0.25) is 9.47 Å². The molecule has 152 valence electrons. The molecule has 3 rings (SSSR count). The van der Waals surface area contributed by atoms with Crippen LogP contribution in [0.2, 0.25) is 0 Å². The molecule has 0 aliphatic carbocycles. The van der Waals surface area contributed by atoms with E-state index >= 15 is 0 Å². The van der Waals surface area contributed by atoms with Gasteiger partial charge in [0.25, 0.3) is 0 Å². The van der Waals surface area contributed by atoms with Crippen molar-refractivity contribution in [3.63, 3.8) is 0 Å². The lowest BCUT2D eigenvalue weighted by Gasteiger charge is -2.26. The van der Waals surface area contributed by atoms with Crippen molar-refractivity contribution in [2.75, 3.05) is 25.2 Å². The minimum Gasteiger partial charge on any atom is -0.496 e. The van der Waals surface area contributed by atoms with Gasteiger partial charge in [0.1, 0.15) is 5.75 Å². The second kappa shape index (κ2) is 8.59. The number of ether oxygens (including phenoxy) is 1. The highest BCUT2D eigenvalue weighted by Gasteiger charge is 2.32. The molecular formula is C19H26N4O3S2. The Morgan fingerprint density at radius 1 is 1.43 bits per heavy atom. The Balaban J connectivity index is 1.98. The zero-order chi connectivity index (χ0) is 20.3. The molecule has 1 aliphatic heterocycles. The highest BCUT2D eigenvalue weighted by atomic mass is 32.2. The quantitative estimate of drug-likeness (QED) is 0.481. The van der Waals surface area contributed by atoms with Crippen molar-refractivity contribution in [3.8, 4) is 17.1 Å². The number of aromatic nitrogens is 3. The van der Waals surface area contributed by atoms with Gasteiger partial charge in [0.05, 0.1) is 30.8 Å². The monoisotopic (exact) mass is 422 g/mol. The fraction of sp³-hybridized carbons (Fsp3) is 0.474. The Hall–Kier alpha value is -1.97. The Kier molecular flexibility index (Phi) is 6.36. The maximum Gasteiger partial charge on any atom is 0.199 e. The molecule has 1 atom stereocenters. The van der Waals surface area contributed by atoms with Gasteiger partial charge in [0, 0.05) is 12.6 Å². The van der Waals surface area contributed by atoms with Crippen LogP contribution in [-0.2, 0) is 23.1 Å². The molecule has 28 heavy (non-hydrogen) atoms. The second-order valence-electron chi connectivity index (χ2n) is 6.81. The maximum atomic E-state index is 11.9. The largest absolute Gasteiger partial charge is 0.496 e. The summed E-state index contributed by atoms with van der Waals surface area (Å²) in [5.74, 6) is 1.87. The van der Waals surface area contributed by atoms with E-state index in [-0.39, 0.29) is 17.5 Å². The van der Waals surface area contributed by atoms with Crippen LogP contribution < -0.4 is 4.74 Å². The third kappa shape index (κ3) is 4.21. The van der Waals surface area contributed by atoms with E-state index in [9.17, 15) is 8.42 Å². The summed E-state index contributed by atoms with van der Waals surface area (Å²) in [7, 11) is -1.32. The summed E-state index contributed by atoms with van der Waals surface area (Å²) in [5.41, 5.74) is 0.850. The third-order valence-electron chi connectivity index (χ3n) is 5.03. The zero-order valence-corrected chi connectivity index (χ0v) is 17.9. The molecule has 0 bridgehead atoms. The summed E-state index contributed by atoms with van der Waals surface area (Å²) in [5, 5.41) is 4.76.